The number of phenolic OH excluding ortho intramolecular Hbond substituents is 3. The number of aliphatic carboxylic acids is 1. The lowest BCUT2D eigenvalue weighted by atomic mass is 9.97. The molecule has 0 unspecified atom stereocenters. The number of carboxylic acids is 1. The van der Waals surface area contributed by atoms with Gasteiger partial charge in [0.25, 0.3) is 0 Å². The maximum absolute atomic E-state index is 10.8. The lowest BCUT2D eigenvalue weighted by molar-refractivity contribution is -0.136. The lowest BCUT2D eigenvalue weighted by Crippen LogP contribution is -2.00. The Hall–Kier alpha value is -2.95. The minimum atomic E-state index is -1.08. The molecule has 4 N–H and O–H groups in total. The maximum Gasteiger partial charge on any atom is 0.307 e. The summed E-state index contributed by atoms with van der Waals surface area (Å²) in [6.07, 6.45) is -0.347. The maximum atomic E-state index is 10.8. The summed E-state index contributed by atoms with van der Waals surface area (Å²) in [4.78, 5) is 10.8. The Bertz CT molecular complexity index is 883. The van der Waals surface area contributed by atoms with E-state index in [9.17, 15) is 20.1 Å². The molecule has 5 nitrogen and oxygen atoms in total. The zero-order chi connectivity index (χ0) is 15.1. The van der Waals surface area contributed by atoms with E-state index in [1.54, 1.807) is 24.3 Å². The highest BCUT2D eigenvalue weighted by Crippen LogP contribution is 2.43. The molecule has 0 bridgehead atoms. The number of rotatable bonds is 2. The van der Waals surface area contributed by atoms with Crippen molar-refractivity contribution in [3.63, 3.8) is 0 Å². The fraction of sp³-hybridized carbons (Fsp3) is 0.0625. The largest absolute Gasteiger partial charge is 0.507 e. The minimum absolute atomic E-state index is 0.102. The van der Waals surface area contributed by atoms with Crippen LogP contribution in [0.1, 0.15) is 5.56 Å². The number of hydrogen-bond acceptors (Lipinski definition) is 4. The number of carbonyl (C=O) groups is 1. The molecule has 3 aromatic rings. The molecule has 0 radical (unpaired) electrons. The van der Waals surface area contributed by atoms with Gasteiger partial charge in [0.15, 0.2) is 0 Å². The Kier molecular flexibility index (Phi) is 2.83. The van der Waals surface area contributed by atoms with Gasteiger partial charge in [-0.15, -0.1) is 0 Å². The van der Waals surface area contributed by atoms with Gasteiger partial charge < -0.3 is 20.4 Å². The summed E-state index contributed by atoms with van der Waals surface area (Å²) in [5.41, 5.74) is 0.208. The number of hydrogen-bond donors (Lipinski definition) is 4. The first kappa shape index (κ1) is 13.1. The van der Waals surface area contributed by atoms with Crippen LogP contribution in [0.4, 0.5) is 0 Å². The van der Waals surface area contributed by atoms with Gasteiger partial charge in [-0.3, -0.25) is 4.79 Å². The quantitative estimate of drug-likeness (QED) is 0.542. The van der Waals surface area contributed by atoms with Crippen LogP contribution >= 0.6 is 0 Å². The van der Waals surface area contributed by atoms with Gasteiger partial charge >= 0.3 is 5.97 Å². The Balaban J connectivity index is 2.42. The van der Waals surface area contributed by atoms with Gasteiger partial charge in [-0.05, 0) is 22.9 Å². The predicted molar refractivity (Wildman–Crippen MR) is 77.8 cm³/mol. The fourth-order valence-corrected chi connectivity index (χ4v) is 2.55. The molecule has 21 heavy (non-hydrogen) atoms. The van der Waals surface area contributed by atoms with Crippen LogP contribution in [0.5, 0.6) is 17.2 Å². The van der Waals surface area contributed by atoms with Crippen LogP contribution in [-0.4, -0.2) is 26.4 Å². The third-order valence-electron chi connectivity index (χ3n) is 3.49. The normalized spacial score (nSPS) is 11.0. The van der Waals surface area contributed by atoms with Crippen LogP contribution in [0.3, 0.4) is 0 Å². The van der Waals surface area contributed by atoms with E-state index >= 15 is 0 Å². The average Bonchev–Trinajstić information content (AvgIpc) is 2.41. The van der Waals surface area contributed by atoms with Crippen LogP contribution < -0.4 is 0 Å². The molecule has 0 fully saturated rings. The number of benzene rings is 3. The standard InChI is InChI=1S/C16H12O5/c17-11-3-1-2-8-6-9-4-5-10(7-12(18)19)15(20)14(9)16(21)13(8)11/h1-6,17,20-21H,7H2,(H,18,19). The van der Waals surface area contributed by atoms with Gasteiger partial charge in [0.05, 0.1) is 17.2 Å². The van der Waals surface area contributed by atoms with E-state index in [0.717, 1.165) is 0 Å². The van der Waals surface area contributed by atoms with Crippen LogP contribution in [0, 0.1) is 0 Å². The van der Waals surface area contributed by atoms with Gasteiger partial charge in [0.1, 0.15) is 17.2 Å². The molecule has 0 atom stereocenters. The zero-order valence-electron chi connectivity index (χ0n) is 10.9. The molecule has 0 aliphatic rings. The highest BCUT2D eigenvalue weighted by molar-refractivity contribution is 6.10. The molecule has 3 rings (SSSR count). The minimum Gasteiger partial charge on any atom is -0.507 e. The summed E-state index contributed by atoms with van der Waals surface area (Å²) in [5, 5.41) is 40.9. The molecule has 106 valence electrons. The van der Waals surface area contributed by atoms with E-state index < -0.39 is 5.97 Å². The first-order chi connectivity index (χ1) is 9.99. The van der Waals surface area contributed by atoms with E-state index in [0.29, 0.717) is 10.8 Å². The van der Waals surface area contributed by atoms with Crippen molar-refractivity contribution in [3.05, 3.63) is 42.0 Å². The van der Waals surface area contributed by atoms with Gasteiger partial charge in [0, 0.05) is 5.56 Å². The Morgan fingerprint density at radius 1 is 0.905 bits per heavy atom. The number of fused-ring (bicyclic) bond motifs is 2. The molecular formula is C16H12O5. The summed E-state index contributed by atoms with van der Waals surface area (Å²) in [7, 11) is 0. The molecule has 5 heteroatoms. The van der Waals surface area contributed by atoms with Crippen molar-refractivity contribution in [2.24, 2.45) is 0 Å². The van der Waals surface area contributed by atoms with Gasteiger partial charge in [0.2, 0.25) is 0 Å². The van der Waals surface area contributed by atoms with Crippen LogP contribution in [0.2, 0.25) is 0 Å². The first-order valence-corrected chi connectivity index (χ1v) is 6.29. The third kappa shape index (κ3) is 1.99. The SMILES string of the molecule is O=C(O)Cc1ccc2cc3cccc(O)c3c(O)c2c1O. The second kappa shape index (κ2) is 4.56. The van der Waals surface area contributed by atoms with Gasteiger partial charge in [-0.2, -0.15) is 0 Å². The summed E-state index contributed by atoms with van der Waals surface area (Å²) >= 11 is 0. The summed E-state index contributed by atoms with van der Waals surface area (Å²) in [6.45, 7) is 0. The number of phenols is 3. The molecule has 0 aromatic heterocycles. The van der Waals surface area contributed by atoms with Crippen molar-refractivity contribution in [3.8, 4) is 17.2 Å². The first-order valence-electron chi connectivity index (χ1n) is 6.29. The fourth-order valence-electron chi connectivity index (χ4n) is 2.55. The molecular weight excluding hydrogens is 272 g/mol. The summed E-state index contributed by atoms with van der Waals surface area (Å²) < 4.78 is 0. The summed E-state index contributed by atoms with van der Waals surface area (Å²) in [5.74, 6) is -1.72. The Morgan fingerprint density at radius 3 is 2.33 bits per heavy atom. The molecule has 0 saturated heterocycles. The molecule has 0 aliphatic heterocycles. The number of aromatic hydroxyl groups is 3. The van der Waals surface area contributed by atoms with Gasteiger partial charge in [-0.1, -0.05) is 24.3 Å². The highest BCUT2D eigenvalue weighted by Gasteiger charge is 2.16. The Morgan fingerprint density at radius 2 is 1.62 bits per heavy atom. The molecule has 0 aliphatic carbocycles. The molecule has 0 saturated carbocycles. The predicted octanol–water partition coefficient (Wildman–Crippen LogP) is 2.74. The topological polar surface area (TPSA) is 98.0 Å². The van der Waals surface area contributed by atoms with E-state index in [1.165, 1.54) is 12.1 Å². The second-order valence-electron chi connectivity index (χ2n) is 4.84. The average molecular weight is 284 g/mol. The van der Waals surface area contributed by atoms with Crippen molar-refractivity contribution in [1.29, 1.82) is 0 Å². The highest BCUT2D eigenvalue weighted by atomic mass is 16.4. The van der Waals surface area contributed by atoms with Crippen molar-refractivity contribution in [2.75, 3.05) is 0 Å². The third-order valence-corrected chi connectivity index (χ3v) is 3.49. The van der Waals surface area contributed by atoms with E-state index in [-0.39, 0.29) is 40.0 Å². The monoisotopic (exact) mass is 284 g/mol. The second-order valence-corrected chi connectivity index (χ2v) is 4.84. The molecule has 0 spiro atoms. The van der Waals surface area contributed by atoms with Crippen molar-refractivity contribution in [1.82, 2.24) is 0 Å². The Labute approximate surface area is 119 Å². The zero-order valence-corrected chi connectivity index (χ0v) is 10.9. The van der Waals surface area contributed by atoms with Crippen molar-refractivity contribution in [2.45, 2.75) is 6.42 Å². The van der Waals surface area contributed by atoms with E-state index in [4.69, 9.17) is 5.11 Å². The molecule has 0 amide bonds. The van der Waals surface area contributed by atoms with Crippen molar-refractivity contribution >= 4 is 27.5 Å². The van der Waals surface area contributed by atoms with Gasteiger partial charge in [-0.25, -0.2) is 0 Å². The van der Waals surface area contributed by atoms with Crippen molar-refractivity contribution < 1.29 is 25.2 Å². The lowest BCUT2D eigenvalue weighted by Gasteiger charge is -2.11. The smallest absolute Gasteiger partial charge is 0.307 e. The van der Waals surface area contributed by atoms with E-state index in [2.05, 4.69) is 0 Å². The summed E-state index contributed by atoms with van der Waals surface area (Å²) in [6, 6.07) is 9.69. The van der Waals surface area contributed by atoms with Crippen LogP contribution in [-0.2, 0) is 11.2 Å². The number of carboxylic acid groups (broad SMARTS) is 1. The van der Waals surface area contributed by atoms with E-state index in [1.807, 2.05) is 0 Å². The molecule has 0 heterocycles. The molecule has 3 aromatic carbocycles. The van der Waals surface area contributed by atoms with Crippen LogP contribution in [0.15, 0.2) is 36.4 Å². The van der Waals surface area contributed by atoms with Crippen LogP contribution in [0.25, 0.3) is 21.5 Å².